The van der Waals surface area contributed by atoms with Gasteiger partial charge in [0.25, 0.3) is 0 Å². The number of imidazole rings is 1. The molecule has 3 aromatic rings. The Morgan fingerprint density at radius 1 is 0.957 bits per heavy atom. The van der Waals surface area contributed by atoms with Crippen LogP contribution in [-0.4, -0.2) is 23.1 Å². The van der Waals surface area contributed by atoms with E-state index in [1.807, 2.05) is 60.7 Å². The van der Waals surface area contributed by atoms with Crippen LogP contribution >= 0.6 is 0 Å². The van der Waals surface area contributed by atoms with E-state index in [1.165, 1.54) is 0 Å². The van der Waals surface area contributed by atoms with Gasteiger partial charge < -0.3 is 14.3 Å². The first-order valence-corrected chi connectivity index (χ1v) is 7.30. The second kappa shape index (κ2) is 5.41. The van der Waals surface area contributed by atoms with E-state index in [1.54, 1.807) is 12.4 Å². The van der Waals surface area contributed by atoms with Gasteiger partial charge in [-0.1, -0.05) is 60.7 Å². The molecule has 0 atom stereocenters. The molecule has 1 aromatic heterocycles. The number of aromatic nitrogens is 2. The van der Waals surface area contributed by atoms with E-state index >= 15 is 0 Å². The molecule has 0 radical (unpaired) electrons. The summed E-state index contributed by atoms with van der Waals surface area (Å²) < 4.78 is 11.6. The summed E-state index contributed by atoms with van der Waals surface area (Å²) in [6.07, 6.45) is 3.26. The summed E-state index contributed by atoms with van der Waals surface area (Å²) in [5.41, 5.74) is 0.627. The third kappa shape index (κ3) is 2.15. The predicted octanol–water partition coefficient (Wildman–Crippen LogP) is 1.62. The topological polar surface area (TPSA) is 64.2 Å². The molecule has 6 heteroatoms. The van der Waals surface area contributed by atoms with Gasteiger partial charge in [0, 0.05) is 12.4 Å². The lowest BCUT2D eigenvalue weighted by molar-refractivity contribution is -0.141. The van der Waals surface area contributed by atoms with Gasteiger partial charge in [0.05, 0.1) is 0 Å². The molecule has 1 saturated heterocycles. The number of hydrogen-bond donors (Lipinski definition) is 1. The van der Waals surface area contributed by atoms with Gasteiger partial charge in [-0.3, -0.25) is 0 Å². The smallest absolute Gasteiger partial charge is 0.501 e. The molecule has 0 saturated carbocycles. The van der Waals surface area contributed by atoms with Crippen molar-refractivity contribution in [1.29, 1.82) is 0 Å². The second-order valence-corrected chi connectivity index (χ2v) is 5.24. The van der Waals surface area contributed by atoms with E-state index in [0.717, 1.165) is 11.1 Å². The highest BCUT2D eigenvalue weighted by Crippen LogP contribution is 2.39. The van der Waals surface area contributed by atoms with Crippen molar-refractivity contribution in [3.8, 4) is 0 Å². The Morgan fingerprint density at radius 3 is 2.09 bits per heavy atom. The fourth-order valence-corrected chi connectivity index (χ4v) is 2.82. The van der Waals surface area contributed by atoms with Crippen LogP contribution in [0.3, 0.4) is 0 Å². The summed E-state index contributed by atoms with van der Waals surface area (Å²) in [5.74, 6) is -0.448. The Balaban J connectivity index is 1.86. The fraction of sp³-hybridized carbons (Fsp3) is 0.0588. The van der Waals surface area contributed by atoms with Gasteiger partial charge in [-0.15, -0.1) is 0 Å². The highest BCUT2D eigenvalue weighted by molar-refractivity contribution is 6.63. The van der Waals surface area contributed by atoms with E-state index < -0.39 is 18.7 Å². The highest BCUT2D eigenvalue weighted by atomic mass is 16.7. The molecule has 1 aliphatic rings. The van der Waals surface area contributed by atoms with Crippen LogP contribution in [0.5, 0.6) is 0 Å². The Bertz CT molecular complexity index is 767. The van der Waals surface area contributed by atoms with E-state index in [9.17, 15) is 4.79 Å². The Hall–Kier alpha value is -2.86. The van der Waals surface area contributed by atoms with Gasteiger partial charge in [-0.25, -0.2) is 9.78 Å². The van der Waals surface area contributed by atoms with Crippen LogP contribution in [0.25, 0.3) is 0 Å². The van der Waals surface area contributed by atoms with Crippen molar-refractivity contribution in [2.75, 3.05) is 0 Å². The van der Waals surface area contributed by atoms with E-state index in [-0.39, 0.29) is 0 Å². The van der Waals surface area contributed by atoms with Crippen molar-refractivity contribution in [3.05, 3.63) is 84.2 Å². The molecule has 0 amide bonds. The highest BCUT2D eigenvalue weighted by Gasteiger charge is 2.56. The molecule has 2 heterocycles. The quantitative estimate of drug-likeness (QED) is 0.747. The van der Waals surface area contributed by atoms with Crippen LogP contribution in [0.4, 0.5) is 0 Å². The first-order valence-electron chi connectivity index (χ1n) is 7.30. The first kappa shape index (κ1) is 13.8. The van der Waals surface area contributed by atoms with Crippen molar-refractivity contribution in [2.24, 2.45) is 0 Å². The lowest BCUT2D eigenvalue weighted by Crippen LogP contribution is -2.39. The Morgan fingerprint density at radius 2 is 1.57 bits per heavy atom. The zero-order valence-electron chi connectivity index (χ0n) is 12.2. The zero-order valence-corrected chi connectivity index (χ0v) is 12.2. The first-order chi connectivity index (χ1) is 11.3. The number of H-pyrrole nitrogens is 1. The summed E-state index contributed by atoms with van der Waals surface area (Å²) in [7, 11) is -0.863. The maximum atomic E-state index is 12.8. The molecule has 1 fully saturated rings. The van der Waals surface area contributed by atoms with Crippen LogP contribution < -0.4 is 5.72 Å². The maximum absolute atomic E-state index is 12.8. The molecule has 0 bridgehead atoms. The number of nitrogens with zero attached hydrogens (tertiary/aromatic N) is 1. The van der Waals surface area contributed by atoms with E-state index in [2.05, 4.69) is 9.97 Å². The van der Waals surface area contributed by atoms with Gasteiger partial charge >= 0.3 is 13.1 Å². The van der Waals surface area contributed by atoms with Gasteiger partial charge in [0.2, 0.25) is 5.60 Å². The standard InChI is InChI=1S/C17H13BN2O3/c21-15-17(13-7-3-1-4-8-13,14-9-5-2-6-10-14)23-18(22-15)16-19-11-12-20-16/h1-12H,(H,19,20). The molecule has 1 N–H and O–H groups in total. The predicted molar refractivity (Wildman–Crippen MR) is 84.8 cm³/mol. The minimum atomic E-state index is -1.29. The number of rotatable bonds is 3. The molecule has 0 aliphatic carbocycles. The molecule has 112 valence electrons. The van der Waals surface area contributed by atoms with Crippen LogP contribution in [0.2, 0.25) is 0 Å². The Labute approximate surface area is 133 Å². The van der Waals surface area contributed by atoms with E-state index in [0.29, 0.717) is 5.72 Å². The lowest BCUT2D eigenvalue weighted by Gasteiger charge is -2.26. The van der Waals surface area contributed by atoms with Crippen molar-refractivity contribution in [1.82, 2.24) is 9.97 Å². The molecule has 4 rings (SSSR count). The number of carbonyl (C=O) groups is 1. The molecule has 23 heavy (non-hydrogen) atoms. The molecular weight excluding hydrogens is 291 g/mol. The van der Waals surface area contributed by atoms with Gasteiger partial charge in [-0.2, -0.15) is 0 Å². The van der Waals surface area contributed by atoms with Crippen LogP contribution in [0, 0.1) is 0 Å². The zero-order chi connectivity index (χ0) is 15.7. The molecule has 1 aliphatic heterocycles. The monoisotopic (exact) mass is 304 g/mol. The summed E-state index contributed by atoms with van der Waals surface area (Å²) in [5, 5.41) is 0. The maximum Gasteiger partial charge on any atom is 0.603 e. The summed E-state index contributed by atoms with van der Waals surface area (Å²) >= 11 is 0. The summed E-state index contributed by atoms with van der Waals surface area (Å²) in [4.78, 5) is 19.9. The Kier molecular flexibility index (Phi) is 3.24. The minimum absolute atomic E-state index is 0.448. The summed E-state index contributed by atoms with van der Waals surface area (Å²) in [6.45, 7) is 0. The van der Waals surface area contributed by atoms with Crippen molar-refractivity contribution >= 4 is 18.8 Å². The molecule has 5 nitrogen and oxygen atoms in total. The number of nitrogens with one attached hydrogen (secondary N) is 1. The van der Waals surface area contributed by atoms with Crippen LogP contribution in [-0.2, 0) is 19.7 Å². The lowest BCUT2D eigenvalue weighted by atomic mass is 9.84. The summed E-state index contributed by atoms with van der Waals surface area (Å²) in [6, 6.07) is 18.7. The molecule has 0 unspecified atom stereocenters. The fourth-order valence-electron chi connectivity index (χ4n) is 2.82. The van der Waals surface area contributed by atoms with Gasteiger partial charge in [0.1, 0.15) is 0 Å². The van der Waals surface area contributed by atoms with Crippen molar-refractivity contribution < 1.29 is 14.1 Å². The number of benzene rings is 2. The minimum Gasteiger partial charge on any atom is -0.501 e. The third-order valence-corrected chi connectivity index (χ3v) is 3.89. The van der Waals surface area contributed by atoms with Gasteiger partial charge in [0.15, 0.2) is 5.72 Å². The number of carbonyl (C=O) groups excluding carboxylic acids is 1. The van der Waals surface area contributed by atoms with E-state index in [4.69, 9.17) is 9.31 Å². The molecular formula is C17H13BN2O3. The molecule has 0 spiro atoms. The number of aromatic amines is 1. The van der Waals surface area contributed by atoms with Crippen molar-refractivity contribution in [3.63, 3.8) is 0 Å². The largest absolute Gasteiger partial charge is 0.603 e. The average Bonchev–Trinajstić information content (AvgIpc) is 3.25. The normalized spacial score (nSPS) is 16.3. The van der Waals surface area contributed by atoms with Crippen molar-refractivity contribution in [2.45, 2.75) is 5.60 Å². The molecule has 2 aromatic carbocycles. The average molecular weight is 304 g/mol. The van der Waals surface area contributed by atoms with Crippen LogP contribution in [0.15, 0.2) is 73.1 Å². The van der Waals surface area contributed by atoms with Gasteiger partial charge in [-0.05, 0) is 11.1 Å². The SMILES string of the molecule is O=C1OB(c2ncc[nH]2)OC1(c1ccccc1)c1ccccc1. The van der Waals surface area contributed by atoms with Crippen LogP contribution in [0.1, 0.15) is 11.1 Å². The second-order valence-electron chi connectivity index (χ2n) is 5.24. The third-order valence-electron chi connectivity index (χ3n) is 3.89. The number of hydrogen-bond acceptors (Lipinski definition) is 4.